The number of rotatable bonds is 6. The Morgan fingerprint density at radius 2 is 2.00 bits per heavy atom. The van der Waals surface area contributed by atoms with Crippen molar-refractivity contribution in [1.82, 2.24) is 14.8 Å². The molecule has 6 nitrogen and oxygen atoms in total. The van der Waals surface area contributed by atoms with Gasteiger partial charge in [0.05, 0.1) is 43.0 Å². The van der Waals surface area contributed by atoms with E-state index in [9.17, 15) is 9.90 Å². The van der Waals surface area contributed by atoms with E-state index in [0.717, 1.165) is 5.56 Å². The van der Waals surface area contributed by atoms with Crippen LogP contribution in [0.4, 0.5) is 0 Å². The summed E-state index contributed by atoms with van der Waals surface area (Å²) >= 11 is 0. The van der Waals surface area contributed by atoms with E-state index in [-0.39, 0.29) is 18.7 Å². The molecule has 118 valence electrons. The lowest BCUT2D eigenvalue weighted by Gasteiger charge is -2.12. The number of pyridine rings is 1. The number of hydrogen-bond donors (Lipinski definition) is 1. The van der Waals surface area contributed by atoms with E-state index in [2.05, 4.69) is 10.1 Å². The predicted molar refractivity (Wildman–Crippen MR) is 85.9 cm³/mol. The van der Waals surface area contributed by atoms with Crippen LogP contribution in [0.1, 0.15) is 5.56 Å². The summed E-state index contributed by atoms with van der Waals surface area (Å²) in [4.78, 5) is 16.4. The molecular weight excluding hydrogens is 294 g/mol. The molecular formula is C17H17N3O3. The van der Waals surface area contributed by atoms with Gasteiger partial charge >= 0.3 is 0 Å². The van der Waals surface area contributed by atoms with E-state index < -0.39 is 6.10 Å². The first-order valence-corrected chi connectivity index (χ1v) is 7.34. The van der Waals surface area contributed by atoms with Gasteiger partial charge in [0.15, 0.2) is 0 Å². The lowest BCUT2D eigenvalue weighted by molar-refractivity contribution is 0.0181. The number of aliphatic hydroxyl groups excluding tert-OH is 1. The van der Waals surface area contributed by atoms with Gasteiger partial charge in [-0.25, -0.2) is 4.68 Å². The third-order valence-electron chi connectivity index (χ3n) is 3.43. The molecule has 0 saturated carbocycles. The molecule has 1 atom stereocenters. The van der Waals surface area contributed by atoms with Crippen molar-refractivity contribution in [2.45, 2.75) is 19.3 Å². The first-order chi connectivity index (χ1) is 11.2. The molecule has 0 fully saturated rings. The van der Waals surface area contributed by atoms with Gasteiger partial charge in [0.1, 0.15) is 0 Å². The molecule has 1 N–H and O–H groups in total. The van der Waals surface area contributed by atoms with Gasteiger partial charge in [0.2, 0.25) is 0 Å². The number of ether oxygens (including phenoxy) is 1. The smallest absolute Gasteiger partial charge is 0.276 e. The van der Waals surface area contributed by atoms with E-state index >= 15 is 0 Å². The molecule has 0 aliphatic carbocycles. The third kappa shape index (κ3) is 3.80. The van der Waals surface area contributed by atoms with E-state index in [4.69, 9.17) is 4.74 Å². The molecule has 1 aromatic carbocycles. The third-order valence-corrected chi connectivity index (χ3v) is 3.43. The number of aromatic nitrogens is 3. The van der Waals surface area contributed by atoms with Gasteiger partial charge in [-0.3, -0.25) is 9.78 Å². The molecule has 23 heavy (non-hydrogen) atoms. The van der Waals surface area contributed by atoms with Crippen molar-refractivity contribution in [2.24, 2.45) is 0 Å². The molecule has 0 spiro atoms. The quantitative estimate of drug-likeness (QED) is 0.744. The van der Waals surface area contributed by atoms with E-state index in [0.29, 0.717) is 17.5 Å². The second-order valence-corrected chi connectivity index (χ2v) is 5.22. The zero-order valence-corrected chi connectivity index (χ0v) is 12.5. The molecule has 0 aliphatic rings. The number of aliphatic hydroxyl groups is 1. The lowest BCUT2D eigenvalue weighted by atomic mass is 10.2. The van der Waals surface area contributed by atoms with Crippen LogP contribution >= 0.6 is 0 Å². The number of hydrogen-bond acceptors (Lipinski definition) is 5. The summed E-state index contributed by atoms with van der Waals surface area (Å²) in [6.45, 7) is 0.633. The Morgan fingerprint density at radius 3 is 2.83 bits per heavy atom. The molecule has 6 heteroatoms. The average molecular weight is 311 g/mol. The molecule has 0 amide bonds. The highest BCUT2D eigenvalue weighted by atomic mass is 16.5. The second kappa shape index (κ2) is 7.13. The summed E-state index contributed by atoms with van der Waals surface area (Å²) in [5.41, 5.74) is 1.31. The first kappa shape index (κ1) is 15.3. The summed E-state index contributed by atoms with van der Waals surface area (Å²) in [6, 6.07) is 13.1. The Hall–Kier alpha value is -2.57. The van der Waals surface area contributed by atoms with Gasteiger partial charge in [0, 0.05) is 6.20 Å². The summed E-state index contributed by atoms with van der Waals surface area (Å²) in [5.74, 6) is 0. The minimum absolute atomic E-state index is 0.0818. The van der Waals surface area contributed by atoms with Gasteiger partial charge in [-0.05, 0) is 17.7 Å². The zero-order valence-electron chi connectivity index (χ0n) is 12.5. The van der Waals surface area contributed by atoms with E-state index in [1.807, 2.05) is 30.3 Å². The highest BCUT2D eigenvalue weighted by Gasteiger charge is 2.10. The lowest BCUT2D eigenvalue weighted by Crippen LogP contribution is -2.31. The molecule has 3 rings (SSSR count). The first-order valence-electron chi connectivity index (χ1n) is 7.34. The largest absolute Gasteiger partial charge is 0.389 e. The molecule has 0 unspecified atom stereocenters. The van der Waals surface area contributed by atoms with Crippen LogP contribution < -0.4 is 5.56 Å². The zero-order chi connectivity index (χ0) is 16.1. The van der Waals surface area contributed by atoms with Crippen LogP contribution in [0.25, 0.3) is 10.9 Å². The molecule has 0 bridgehead atoms. The van der Waals surface area contributed by atoms with Crippen LogP contribution in [0.15, 0.2) is 59.7 Å². The Bertz CT molecular complexity index is 833. The van der Waals surface area contributed by atoms with E-state index in [1.54, 1.807) is 18.3 Å². The minimum Gasteiger partial charge on any atom is -0.389 e. The maximum absolute atomic E-state index is 12.3. The SMILES string of the molecule is O=c1c2cccnc2cnn1C[C@@H](O)COCc1ccccc1. The average Bonchev–Trinajstić information content (AvgIpc) is 2.59. The van der Waals surface area contributed by atoms with Gasteiger partial charge in [-0.2, -0.15) is 5.10 Å². The van der Waals surface area contributed by atoms with Gasteiger partial charge in [-0.15, -0.1) is 0 Å². The standard InChI is InChI=1S/C17H17N3O3/c21-14(12-23-11-13-5-2-1-3-6-13)10-20-17(22)15-7-4-8-18-16(15)9-19-20/h1-9,14,21H,10-12H2/t14-/m1/s1. The van der Waals surface area contributed by atoms with Crippen LogP contribution in [-0.2, 0) is 17.9 Å². The number of fused-ring (bicyclic) bond motifs is 1. The van der Waals surface area contributed by atoms with Crippen molar-refractivity contribution in [3.8, 4) is 0 Å². The maximum Gasteiger partial charge on any atom is 0.276 e. The van der Waals surface area contributed by atoms with Gasteiger partial charge in [0.25, 0.3) is 5.56 Å². The normalized spacial score (nSPS) is 12.4. The monoisotopic (exact) mass is 311 g/mol. The molecule has 3 aromatic rings. The Kier molecular flexibility index (Phi) is 4.75. The highest BCUT2D eigenvalue weighted by Crippen LogP contribution is 2.04. The van der Waals surface area contributed by atoms with Crippen molar-refractivity contribution >= 4 is 10.9 Å². The summed E-state index contributed by atoms with van der Waals surface area (Å²) in [7, 11) is 0. The molecule has 2 aromatic heterocycles. The van der Waals surface area contributed by atoms with Crippen LogP contribution in [0.5, 0.6) is 0 Å². The second-order valence-electron chi connectivity index (χ2n) is 5.22. The number of nitrogens with zero attached hydrogens (tertiary/aromatic N) is 3. The van der Waals surface area contributed by atoms with Crippen LogP contribution in [0.2, 0.25) is 0 Å². The topological polar surface area (TPSA) is 77.2 Å². The highest BCUT2D eigenvalue weighted by molar-refractivity contribution is 5.75. The predicted octanol–water partition coefficient (Wildman–Crippen LogP) is 1.37. The Balaban J connectivity index is 1.60. The van der Waals surface area contributed by atoms with Crippen molar-refractivity contribution in [2.75, 3.05) is 6.61 Å². The van der Waals surface area contributed by atoms with E-state index in [1.165, 1.54) is 10.9 Å². The fourth-order valence-corrected chi connectivity index (χ4v) is 2.29. The number of benzene rings is 1. The molecule has 0 saturated heterocycles. The minimum atomic E-state index is -0.807. The Morgan fingerprint density at radius 1 is 1.17 bits per heavy atom. The molecule has 2 heterocycles. The van der Waals surface area contributed by atoms with Crippen LogP contribution in [-0.4, -0.2) is 32.6 Å². The summed E-state index contributed by atoms with van der Waals surface area (Å²) in [5, 5.41) is 14.6. The Labute approximate surface area is 133 Å². The van der Waals surface area contributed by atoms with Crippen molar-refractivity contribution in [3.05, 3.63) is 70.8 Å². The van der Waals surface area contributed by atoms with Crippen molar-refractivity contribution < 1.29 is 9.84 Å². The van der Waals surface area contributed by atoms with Gasteiger partial charge in [-0.1, -0.05) is 30.3 Å². The molecule has 0 radical (unpaired) electrons. The maximum atomic E-state index is 12.3. The van der Waals surface area contributed by atoms with Crippen LogP contribution in [0.3, 0.4) is 0 Å². The van der Waals surface area contributed by atoms with Crippen molar-refractivity contribution in [3.63, 3.8) is 0 Å². The van der Waals surface area contributed by atoms with Crippen molar-refractivity contribution in [1.29, 1.82) is 0 Å². The fraction of sp³-hybridized carbons (Fsp3) is 0.235. The summed E-state index contributed by atoms with van der Waals surface area (Å²) < 4.78 is 6.71. The fourth-order valence-electron chi connectivity index (χ4n) is 2.29. The summed E-state index contributed by atoms with van der Waals surface area (Å²) in [6.07, 6.45) is 2.33. The molecule has 0 aliphatic heterocycles. The van der Waals surface area contributed by atoms with Crippen LogP contribution in [0, 0.1) is 0 Å². The van der Waals surface area contributed by atoms with Gasteiger partial charge < -0.3 is 9.84 Å².